The highest BCUT2D eigenvalue weighted by Crippen LogP contribution is 2.37. The van der Waals surface area contributed by atoms with Crippen molar-refractivity contribution in [2.24, 2.45) is 0 Å². The van der Waals surface area contributed by atoms with Crippen molar-refractivity contribution in [1.82, 2.24) is 0 Å². The minimum atomic E-state index is -0.917. The van der Waals surface area contributed by atoms with Crippen molar-refractivity contribution in [1.29, 1.82) is 0 Å². The Morgan fingerprint density at radius 2 is 1.53 bits per heavy atom. The van der Waals surface area contributed by atoms with Crippen molar-refractivity contribution in [2.45, 2.75) is 45.8 Å². The summed E-state index contributed by atoms with van der Waals surface area (Å²) in [5.41, 5.74) is -0.859. The molecule has 19 heavy (non-hydrogen) atoms. The molecule has 1 aliphatic heterocycles. The van der Waals surface area contributed by atoms with Gasteiger partial charge in [0.1, 0.15) is 0 Å². The van der Waals surface area contributed by atoms with Crippen LogP contribution in [0.5, 0.6) is 0 Å². The lowest BCUT2D eigenvalue weighted by atomic mass is 9.78. The third-order valence-corrected chi connectivity index (χ3v) is 4.75. The van der Waals surface area contributed by atoms with Crippen molar-refractivity contribution in [3.8, 4) is 0 Å². The molecule has 2 nitrogen and oxygen atoms in total. The van der Waals surface area contributed by atoms with E-state index in [0.717, 1.165) is 0 Å². The Hall–Kier alpha value is -0.455. The number of hydrogen-bond donors (Lipinski definition) is 0. The first-order chi connectivity index (χ1) is 8.57. The molecule has 1 aliphatic rings. The molecule has 1 fully saturated rings. The smallest absolute Gasteiger partial charge is 0.399 e. The van der Waals surface area contributed by atoms with Gasteiger partial charge in [0.25, 0.3) is 0 Å². The largest absolute Gasteiger partial charge is 0.498 e. The van der Waals surface area contributed by atoms with Crippen LogP contribution in [0.25, 0.3) is 0 Å². The predicted octanol–water partition coefficient (Wildman–Crippen LogP) is 3.33. The highest BCUT2D eigenvalue weighted by molar-refractivity contribution is 9.10. The van der Waals surface area contributed by atoms with Gasteiger partial charge in [-0.05, 0) is 40.7 Å². The van der Waals surface area contributed by atoms with Gasteiger partial charge in [-0.2, -0.15) is 0 Å². The maximum atomic E-state index is 14.0. The zero-order valence-electron chi connectivity index (χ0n) is 11.6. The van der Waals surface area contributed by atoms with E-state index in [1.807, 2.05) is 27.7 Å². The number of rotatable bonds is 1. The monoisotopic (exact) mass is 332 g/mol. The van der Waals surface area contributed by atoms with Gasteiger partial charge in [-0.3, -0.25) is 0 Å². The lowest BCUT2D eigenvalue weighted by molar-refractivity contribution is 0.00578. The maximum absolute atomic E-state index is 14.0. The Balaban J connectivity index is 2.46. The maximum Gasteiger partial charge on any atom is 0.498 e. The predicted molar refractivity (Wildman–Crippen MR) is 74.5 cm³/mol. The van der Waals surface area contributed by atoms with Crippen molar-refractivity contribution < 1.29 is 18.1 Å². The van der Waals surface area contributed by atoms with Crippen LogP contribution in [0, 0.1) is 18.6 Å². The zero-order chi connectivity index (χ0) is 14.6. The lowest BCUT2D eigenvalue weighted by Crippen LogP contribution is -2.41. The van der Waals surface area contributed by atoms with Gasteiger partial charge in [0.15, 0.2) is 11.6 Å². The zero-order valence-corrected chi connectivity index (χ0v) is 13.2. The third kappa shape index (κ3) is 2.34. The first kappa shape index (κ1) is 14.9. The van der Waals surface area contributed by atoms with Crippen LogP contribution in [-0.2, 0) is 9.31 Å². The molecule has 1 aromatic rings. The molecule has 0 unspecified atom stereocenters. The van der Waals surface area contributed by atoms with E-state index in [4.69, 9.17) is 9.31 Å². The first-order valence-corrected chi connectivity index (χ1v) is 6.86. The van der Waals surface area contributed by atoms with Gasteiger partial charge in [0, 0.05) is 15.5 Å². The Kier molecular flexibility index (Phi) is 3.57. The summed E-state index contributed by atoms with van der Waals surface area (Å²) in [6.45, 7) is 8.97. The van der Waals surface area contributed by atoms with Crippen LogP contribution >= 0.6 is 15.9 Å². The van der Waals surface area contributed by atoms with E-state index >= 15 is 0 Å². The van der Waals surface area contributed by atoms with E-state index in [9.17, 15) is 8.78 Å². The standard InChI is InChI=1S/C13H16BBrF2O2/c1-7-9(15)6-8(11(17)10(7)16)14-18-12(2,3)13(4,5)19-14/h6H,1-5H3. The normalized spacial score (nSPS) is 20.9. The van der Waals surface area contributed by atoms with Crippen LogP contribution < -0.4 is 5.46 Å². The molecule has 0 aliphatic carbocycles. The van der Waals surface area contributed by atoms with E-state index in [1.165, 1.54) is 13.0 Å². The van der Waals surface area contributed by atoms with E-state index in [-0.39, 0.29) is 11.0 Å². The summed E-state index contributed by atoms with van der Waals surface area (Å²) in [4.78, 5) is 0. The van der Waals surface area contributed by atoms with Crippen LogP contribution in [-0.4, -0.2) is 18.3 Å². The summed E-state index contributed by atoms with van der Waals surface area (Å²) in [6.07, 6.45) is 0. The van der Waals surface area contributed by atoms with Crippen molar-refractivity contribution in [3.63, 3.8) is 0 Å². The number of hydrogen-bond acceptors (Lipinski definition) is 2. The van der Waals surface area contributed by atoms with Crippen LogP contribution in [0.3, 0.4) is 0 Å². The highest BCUT2D eigenvalue weighted by Gasteiger charge is 2.52. The van der Waals surface area contributed by atoms with E-state index < -0.39 is 30.0 Å². The summed E-state index contributed by atoms with van der Waals surface area (Å²) >= 11 is 3.22. The summed E-state index contributed by atoms with van der Waals surface area (Å²) in [5, 5.41) is 0. The Morgan fingerprint density at radius 1 is 1.05 bits per heavy atom. The summed E-state index contributed by atoms with van der Waals surface area (Å²) in [6, 6.07) is 1.51. The Labute approximate surface area is 120 Å². The van der Waals surface area contributed by atoms with Crippen molar-refractivity contribution in [2.75, 3.05) is 0 Å². The van der Waals surface area contributed by atoms with Gasteiger partial charge < -0.3 is 9.31 Å². The van der Waals surface area contributed by atoms with Crippen LogP contribution in [0.1, 0.15) is 33.3 Å². The number of halogens is 3. The third-order valence-electron chi connectivity index (χ3n) is 3.92. The molecule has 0 radical (unpaired) electrons. The minimum Gasteiger partial charge on any atom is -0.399 e. The van der Waals surface area contributed by atoms with Crippen molar-refractivity contribution >= 4 is 28.5 Å². The molecule has 0 aromatic heterocycles. The fourth-order valence-electron chi connectivity index (χ4n) is 1.85. The highest BCUT2D eigenvalue weighted by atomic mass is 79.9. The second kappa shape index (κ2) is 4.53. The molecule has 1 aromatic carbocycles. The molecule has 0 spiro atoms. The minimum absolute atomic E-state index is 0.0774. The van der Waals surface area contributed by atoms with Crippen LogP contribution in [0.2, 0.25) is 0 Å². The molecule has 0 bridgehead atoms. The van der Waals surface area contributed by atoms with Gasteiger partial charge in [-0.1, -0.05) is 15.9 Å². The number of benzene rings is 1. The quantitative estimate of drug-likeness (QED) is 0.580. The van der Waals surface area contributed by atoms with Gasteiger partial charge in [-0.25, -0.2) is 8.78 Å². The van der Waals surface area contributed by atoms with Gasteiger partial charge in [0.05, 0.1) is 11.2 Å². The van der Waals surface area contributed by atoms with E-state index in [0.29, 0.717) is 4.47 Å². The average Bonchev–Trinajstić information content (AvgIpc) is 2.50. The molecule has 104 valence electrons. The lowest BCUT2D eigenvalue weighted by Gasteiger charge is -2.32. The molecule has 2 rings (SSSR count). The Bertz CT molecular complexity index is 516. The molecule has 0 atom stereocenters. The molecular formula is C13H16BBrF2O2. The molecule has 1 saturated heterocycles. The fourth-order valence-corrected chi connectivity index (χ4v) is 2.27. The molecule has 6 heteroatoms. The van der Waals surface area contributed by atoms with Gasteiger partial charge >= 0.3 is 7.12 Å². The molecule has 0 saturated carbocycles. The summed E-state index contributed by atoms with van der Waals surface area (Å²) in [7, 11) is -0.906. The van der Waals surface area contributed by atoms with Crippen LogP contribution in [0.15, 0.2) is 10.5 Å². The molecule has 0 N–H and O–H groups in total. The first-order valence-electron chi connectivity index (χ1n) is 6.06. The van der Waals surface area contributed by atoms with E-state index in [1.54, 1.807) is 0 Å². The topological polar surface area (TPSA) is 18.5 Å². The van der Waals surface area contributed by atoms with Crippen LogP contribution in [0.4, 0.5) is 8.78 Å². The van der Waals surface area contributed by atoms with Crippen molar-refractivity contribution in [3.05, 3.63) is 27.7 Å². The second-order valence-corrected chi connectivity index (χ2v) is 6.64. The summed E-state index contributed by atoms with van der Waals surface area (Å²) in [5.74, 6) is -1.79. The average molecular weight is 333 g/mol. The van der Waals surface area contributed by atoms with Gasteiger partial charge in [-0.15, -0.1) is 0 Å². The van der Waals surface area contributed by atoms with E-state index in [2.05, 4.69) is 15.9 Å². The molecule has 0 amide bonds. The fraction of sp³-hybridized carbons (Fsp3) is 0.538. The molecule has 1 heterocycles. The SMILES string of the molecule is Cc1c(Br)cc(B2OC(C)(C)C(C)(C)O2)c(F)c1F. The van der Waals surface area contributed by atoms with Gasteiger partial charge in [0.2, 0.25) is 0 Å². The Morgan fingerprint density at radius 3 is 2.00 bits per heavy atom. The summed E-state index contributed by atoms with van der Waals surface area (Å²) < 4.78 is 39.8. The molecular weight excluding hydrogens is 317 g/mol. The second-order valence-electron chi connectivity index (χ2n) is 5.79.